The van der Waals surface area contributed by atoms with Gasteiger partial charge >= 0.3 is 12.1 Å². The lowest BCUT2D eigenvalue weighted by Crippen LogP contribution is -2.23. The average Bonchev–Trinajstić information content (AvgIpc) is 3.25. The van der Waals surface area contributed by atoms with Crippen molar-refractivity contribution in [1.29, 1.82) is 0 Å². The first-order valence-corrected chi connectivity index (χ1v) is 8.75. The van der Waals surface area contributed by atoms with Gasteiger partial charge in [0.05, 0.1) is 33.3 Å². The Morgan fingerprint density at radius 2 is 2.00 bits per heavy atom. The van der Waals surface area contributed by atoms with Crippen LogP contribution in [0.15, 0.2) is 44.1 Å². The van der Waals surface area contributed by atoms with Crippen molar-refractivity contribution in [1.82, 2.24) is 24.3 Å². The summed E-state index contributed by atoms with van der Waals surface area (Å²) in [6.45, 7) is 0.101. The molecule has 1 aromatic carbocycles. The quantitative estimate of drug-likeness (QED) is 0.470. The van der Waals surface area contributed by atoms with Crippen LogP contribution in [0.25, 0.3) is 22.5 Å². The fourth-order valence-electron chi connectivity index (χ4n) is 2.80. The molecule has 0 spiro atoms. The van der Waals surface area contributed by atoms with Crippen molar-refractivity contribution in [3.8, 4) is 11.5 Å². The fourth-order valence-corrected chi connectivity index (χ4v) is 3.13. The molecule has 28 heavy (non-hydrogen) atoms. The van der Waals surface area contributed by atoms with Crippen LogP contribution in [-0.4, -0.2) is 24.3 Å². The molecule has 3 heterocycles. The molecule has 0 atom stereocenters. The largest absolute Gasteiger partial charge is 0.415 e. The van der Waals surface area contributed by atoms with Crippen LogP contribution < -0.4 is 5.69 Å². The zero-order valence-corrected chi connectivity index (χ0v) is 15.8. The van der Waals surface area contributed by atoms with E-state index >= 15 is 0 Å². The molecule has 3 aromatic heterocycles. The second-order valence-corrected chi connectivity index (χ2v) is 6.82. The van der Waals surface area contributed by atoms with Gasteiger partial charge in [0, 0.05) is 19.3 Å². The van der Waals surface area contributed by atoms with Gasteiger partial charge in [-0.3, -0.25) is 14.1 Å². The highest BCUT2D eigenvalue weighted by molar-refractivity contribution is 9.10. The summed E-state index contributed by atoms with van der Waals surface area (Å²) in [5.74, 6) is -1.33. The van der Waals surface area contributed by atoms with Gasteiger partial charge in [0.25, 0.3) is 5.89 Å². The van der Waals surface area contributed by atoms with E-state index in [4.69, 9.17) is 4.42 Å². The van der Waals surface area contributed by atoms with Crippen LogP contribution in [0.5, 0.6) is 0 Å². The van der Waals surface area contributed by atoms with Crippen molar-refractivity contribution in [3.63, 3.8) is 0 Å². The first kappa shape index (κ1) is 18.4. The van der Waals surface area contributed by atoms with Gasteiger partial charge in [0.2, 0.25) is 5.89 Å². The van der Waals surface area contributed by atoms with Crippen molar-refractivity contribution in [3.05, 3.63) is 62.8 Å². The Kier molecular flexibility index (Phi) is 4.53. The van der Waals surface area contributed by atoms with Gasteiger partial charge in [-0.1, -0.05) is 0 Å². The molecule has 0 aliphatic rings. The summed E-state index contributed by atoms with van der Waals surface area (Å²) in [5, 5.41) is 6.82. The van der Waals surface area contributed by atoms with Crippen LogP contribution in [0.4, 0.5) is 13.2 Å². The minimum Gasteiger partial charge on any atom is -0.415 e. The van der Waals surface area contributed by atoms with Gasteiger partial charge in [0.1, 0.15) is 5.82 Å². The summed E-state index contributed by atoms with van der Waals surface area (Å²) in [4.78, 5) is 16.7. The summed E-state index contributed by atoms with van der Waals surface area (Å²) < 4.78 is 47.0. The number of imidazole rings is 1. The molecule has 0 fully saturated rings. The average molecular weight is 454 g/mol. The van der Waals surface area contributed by atoms with Crippen molar-refractivity contribution in [2.24, 2.45) is 7.05 Å². The standard InChI is InChI=1S/C17H11BrF3N5O2/c1-25-12-4-10(18)11(19)5-13(12)26(17(25)27)7-9-3-2-8(6-22-9)15-23-24-16(28-15)14(20)21/h2-6,14H,7H2,1H3. The maximum absolute atomic E-state index is 13.9. The van der Waals surface area contributed by atoms with Crippen LogP contribution in [0.2, 0.25) is 0 Å². The molecule has 0 amide bonds. The molecule has 144 valence electrons. The molecule has 0 unspecified atom stereocenters. The Labute approximate surface area is 163 Å². The molecule has 0 N–H and O–H groups in total. The maximum Gasteiger partial charge on any atom is 0.329 e. The Hall–Kier alpha value is -2.95. The van der Waals surface area contributed by atoms with Gasteiger partial charge in [-0.15, -0.1) is 10.2 Å². The number of aromatic nitrogens is 5. The van der Waals surface area contributed by atoms with E-state index < -0.39 is 18.1 Å². The molecule has 0 bridgehead atoms. The Morgan fingerprint density at radius 1 is 1.21 bits per heavy atom. The molecular weight excluding hydrogens is 443 g/mol. The Bertz CT molecular complexity index is 1230. The first-order chi connectivity index (χ1) is 13.3. The monoisotopic (exact) mass is 453 g/mol. The summed E-state index contributed by atoms with van der Waals surface area (Å²) in [6, 6.07) is 5.98. The topological polar surface area (TPSA) is 78.7 Å². The molecule has 0 aliphatic heterocycles. The molecule has 11 heteroatoms. The molecule has 0 aliphatic carbocycles. The molecule has 0 radical (unpaired) electrons. The number of rotatable bonds is 4. The van der Waals surface area contributed by atoms with E-state index in [9.17, 15) is 18.0 Å². The van der Waals surface area contributed by atoms with E-state index in [1.54, 1.807) is 19.2 Å². The summed E-state index contributed by atoms with van der Waals surface area (Å²) in [5.41, 5.74) is 1.55. The van der Waals surface area contributed by atoms with E-state index in [1.807, 2.05) is 0 Å². The van der Waals surface area contributed by atoms with E-state index in [1.165, 1.54) is 27.5 Å². The van der Waals surface area contributed by atoms with Crippen molar-refractivity contribution in [2.45, 2.75) is 13.0 Å². The molecule has 0 saturated heterocycles. The minimum atomic E-state index is -2.85. The molecule has 7 nitrogen and oxygen atoms in total. The summed E-state index contributed by atoms with van der Waals surface area (Å²) in [6.07, 6.45) is -1.47. The number of halogens is 4. The number of benzene rings is 1. The smallest absolute Gasteiger partial charge is 0.329 e. The zero-order chi connectivity index (χ0) is 20.0. The third kappa shape index (κ3) is 3.11. The zero-order valence-electron chi connectivity index (χ0n) is 14.2. The third-order valence-corrected chi connectivity index (χ3v) is 4.81. The summed E-state index contributed by atoms with van der Waals surface area (Å²) in [7, 11) is 1.60. The lowest BCUT2D eigenvalue weighted by molar-refractivity contribution is 0.116. The van der Waals surface area contributed by atoms with Crippen LogP contribution in [-0.2, 0) is 13.6 Å². The minimum absolute atomic E-state index is 0.0800. The number of hydrogen-bond acceptors (Lipinski definition) is 5. The number of pyridine rings is 1. The van der Waals surface area contributed by atoms with Crippen LogP contribution in [0, 0.1) is 5.82 Å². The van der Waals surface area contributed by atoms with Gasteiger partial charge in [-0.25, -0.2) is 9.18 Å². The summed E-state index contributed by atoms with van der Waals surface area (Å²) >= 11 is 3.11. The van der Waals surface area contributed by atoms with Crippen molar-refractivity contribution < 1.29 is 17.6 Å². The lowest BCUT2D eigenvalue weighted by Gasteiger charge is -2.04. The number of fused-ring (bicyclic) bond motifs is 1. The van der Waals surface area contributed by atoms with Gasteiger partial charge in [0.15, 0.2) is 0 Å². The normalized spacial score (nSPS) is 11.6. The second kappa shape index (κ2) is 6.89. The Balaban J connectivity index is 1.67. The van der Waals surface area contributed by atoms with Crippen molar-refractivity contribution >= 4 is 27.0 Å². The fraction of sp³-hybridized carbons (Fsp3) is 0.176. The number of alkyl halides is 2. The van der Waals surface area contributed by atoms with Gasteiger partial charge in [-0.2, -0.15) is 8.78 Å². The predicted molar refractivity (Wildman–Crippen MR) is 96.4 cm³/mol. The Morgan fingerprint density at radius 3 is 2.64 bits per heavy atom. The maximum atomic E-state index is 13.9. The highest BCUT2D eigenvalue weighted by atomic mass is 79.9. The number of hydrogen-bond donors (Lipinski definition) is 0. The van der Waals surface area contributed by atoms with Gasteiger partial charge < -0.3 is 4.42 Å². The first-order valence-electron chi connectivity index (χ1n) is 7.96. The SMILES string of the molecule is Cn1c(=O)n(Cc2ccc(-c3nnc(C(F)F)o3)cn2)c2cc(F)c(Br)cc21. The highest BCUT2D eigenvalue weighted by Crippen LogP contribution is 2.24. The highest BCUT2D eigenvalue weighted by Gasteiger charge is 2.18. The second-order valence-electron chi connectivity index (χ2n) is 5.97. The molecule has 4 rings (SSSR count). The van der Waals surface area contributed by atoms with E-state index in [0.717, 1.165) is 0 Å². The van der Waals surface area contributed by atoms with E-state index in [2.05, 4.69) is 31.1 Å². The molecule has 0 saturated carbocycles. The van der Waals surface area contributed by atoms with Crippen LogP contribution in [0.1, 0.15) is 18.0 Å². The molecule has 4 aromatic rings. The molecular formula is C17H11BrF3N5O2. The number of aryl methyl sites for hydroxylation is 1. The van der Waals surface area contributed by atoms with Crippen LogP contribution >= 0.6 is 15.9 Å². The van der Waals surface area contributed by atoms with Gasteiger partial charge in [-0.05, 0) is 34.1 Å². The van der Waals surface area contributed by atoms with Crippen LogP contribution in [0.3, 0.4) is 0 Å². The van der Waals surface area contributed by atoms with Crippen molar-refractivity contribution in [2.75, 3.05) is 0 Å². The van der Waals surface area contributed by atoms with E-state index in [-0.39, 0.29) is 22.6 Å². The predicted octanol–water partition coefficient (Wildman–Crippen LogP) is 3.67. The lowest BCUT2D eigenvalue weighted by atomic mass is 10.2. The third-order valence-electron chi connectivity index (χ3n) is 4.21. The van der Waals surface area contributed by atoms with E-state index in [0.29, 0.717) is 22.3 Å². The number of nitrogens with zero attached hydrogens (tertiary/aromatic N) is 5.